The SMILES string of the molecule is COc1ccc(OC)c([C@@H]2C[C@H]2C(=O)NCc2cn[nH]c2C)c1. The van der Waals surface area contributed by atoms with Gasteiger partial charge in [0, 0.05) is 35.2 Å². The quantitative estimate of drug-likeness (QED) is 0.856. The number of amides is 1. The van der Waals surface area contributed by atoms with Crippen molar-refractivity contribution in [1.82, 2.24) is 15.5 Å². The number of aryl methyl sites for hydroxylation is 1. The summed E-state index contributed by atoms with van der Waals surface area (Å²) in [6.07, 6.45) is 2.57. The van der Waals surface area contributed by atoms with Crippen LogP contribution in [-0.2, 0) is 11.3 Å². The molecule has 1 amide bonds. The predicted octanol–water partition coefficient (Wildman–Crippen LogP) is 2.16. The first-order chi connectivity index (χ1) is 11.1. The number of hydrogen-bond donors (Lipinski definition) is 2. The number of aromatic nitrogens is 2. The standard InChI is InChI=1S/C17H21N3O3/c1-10-11(9-19-20-10)8-18-17(21)15-7-13(15)14-6-12(22-2)4-5-16(14)23-3/h4-6,9,13,15H,7-8H2,1-3H3,(H,18,21)(H,19,20)/t13-,15+/m0/s1. The van der Waals surface area contributed by atoms with Crippen LogP contribution in [0.25, 0.3) is 0 Å². The largest absolute Gasteiger partial charge is 0.497 e. The van der Waals surface area contributed by atoms with Crippen LogP contribution in [0.15, 0.2) is 24.4 Å². The lowest BCUT2D eigenvalue weighted by Gasteiger charge is -2.10. The van der Waals surface area contributed by atoms with Crippen molar-refractivity contribution in [2.45, 2.75) is 25.8 Å². The van der Waals surface area contributed by atoms with Gasteiger partial charge in [0.05, 0.1) is 20.4 Å². The molecule has 1 fully saturated rings. The lowest BCUT2D eigenvalue weighted by molar-refractivity contribution is -0.122. The Morgan fingerprint density at radius 1 is 1.39 bits per heavy atom. The number of rotatable bonds is 6. The summed E-state index contributed by atoms with van der Waals surface area (Å²) < 4.78 is 10.7. The van der Waals surface area contributed by atoms with E-state index in [1.165, 1.54) is 0 Å². The van der Waals surface area contributed by atoms with Crippen molar-refractivity contribution in [2.24, 2.45) is 5.92 Å². The van der Waals surface area contributed by atoms with Crippen molar-refractivity contribution in [2.75, 3.05) is 14.2 Å². The number of hydrogen-bond acceptors (Lipinski definition) is 4. The highest BCUT2D eigenvalue weighted by molar-refractivity contribution is 5.83. The van der Waals surface area contributed by atoms with E-state index in [-0.39, 0.29) is 17.7 Å². The van der Waals surface area contributed by atoms with Crippen LogP contribution >= 0.6 is 0 Å². The number of aromatic amines is 1. The summed E-state index contributed by atoms with van der Waals surface area (Å²) in [6, 6.07) is 5.70. The van der Waals surface area contributed by atoms with Gasteiger partial charge in [-0.1, -0.05) is 0 Å². The smallest absolute Gasteiger partial charge is 0.224 e. The van der Waals surface area contributed by atoms with Crippen molar-refractivity contribution in [1.29, 1.82) is 0 Å². The molecule has 1 saturated carbocycles. The summed E-state index contributed by atoms with van der Waals surface area (Å²) in [7, 11) is 3.28. The molecule has 122 valence electrons. The highest BCUT2D eigenvalue weighted by Crippen LogP contribution is 2.51. The van der Waals surface area contributed by atoms with E-state index in [1.807, 2.05) is 25.1 Å². The topological polar surface area (TPSA) is 76.2 Å². The first-order valence-corrected chi connectivity index (χ1v) is 7.62. The lowest BCUT2D eigenvalue weighted by atomic mass is 10.1. The van der Waals surface area contributed by atoms with E-state index in [0.717, 1.165) is 34.7 Å². The zero-order valence-electron chi connectivity index (χ0n) is 13.6. The Morgan fingerprint density at radius 2 is 2.22 bits per heavy atom. The van der Waals surface area contributed by atoms with Gasteiger partial charge in [-0.3, -0.25) is 9.89 Å². The van der Waals surface area contributed by atoms with Gasteiger partial charge >= 0.3 is 0 Å². The molecule has 3 rings (SSSR count). The molecule has 6 nitrogen and oxygen atoms in total. The Morgan fingerprint density at radius 3 is 2.87 bits per heavy atom. The fourth-order valence-corrected chi connectivity index (χ4v) is 2.82. The third-order valence-corrected chi connectivity index (χ3v) is 4.35. The minimum atomic E-state index is -0.0109. The van der Waals surface area contributed by atoms with E-state index in [0.29, 0.717) is 6.54 Å². The Balaban J connectivity index is 1.64. The molecule has 0 spiro atoms. The van der Waals surface area contributed by atoms with Crippen LogP contribution in [0.2, 0.25) is 0 Å². The fraction of sp³-hybridized carbons (Fsp3) is 0.412. The minimum Gasteiger partial charge on any atom is -0.497 e. The molecule has 1 aromatic carbocycles. The molecule has 0 aliphatic heterocycles. The molecule has 2 aromatic rings. The van der Waals surface area contributed by atoms with Crippen LogP contribution in [0.4, 0.5) is 0 Å². The van der Waals surface area contributed by atoms with Crippen molar-refractivity contribution >= 4 is 5.91 Å². The predicted molar refractivity (Wildman–Crippen MR) is 85.6 cm³/mol. The second-order valence-corrected chi connectivity index (χ2v) is 5.79. The molecular formula is C17H21N3O3. The second kappa shape index (κ2) is 6.32. The van der Waals surface area contributed by atoms with Gasteiger partial charge in [-0.2, -0.15) is 5.10 Å². The lowest BCUT2D eigenvalue weighted by Crippen LogP contribution is -2.25. The van der Waals surface area contributed by atoms with E-state index < -0.39 is 0 Å². The summed E-state index contributed by atoms with van der Waals surface area (Å²) in [5, 5.41) is 9.81. The summed E-state index contributed by atoms with van der Waals surface area (Å²) in [6.45, 7) is 2.44. The van der Waals surface area contributed by atoms with Crippen molar-refractivity contribution < 1.29 is 14.3 Å². The molecule has 23 heavy (non-hydrogen) atoms. The molecule has 1 aromatic heterocycles. The first kappa shape index (κ1) is 15.4. The molecule has 0 bridgehead atoms. The summed E-state index contributed by atoms with van der Waals surface area (Å²) in [5.41, 5.74) is 3.02. The number of nitrogens with zero attached hydrogens (tertiary/aromatic N) is 1. The number of H-pyrrole nitrogens is 1. The number of carbonyl (C=O) groups excluding carboxylic acids is 1. The van der Waals surface area contributed by atoms with E-state index in [2.05, 4.69) is 15.5 Å². The molecule has 1 heterocycles. The van der Waals surface area contributed by atoms with Gasteiger partial charge in [0.15, 0.2) is 0 Å². The molecule has 0 radical (unpaired) electrons. The van der Waals surface area contributed by atoms with Crippen molar-refractivity contribution in [3.63, 3.8) is 0 Å². The van der Waals surface area contributed by atoms with Gasteiger partial charge in [0.1, 0.15) is 11.5 Å². The van der Waals surface area contributed by atoms with Crippen LogP contribution in [0.1, 0.15) is 29.2 Å². The summed E-state index contributed by atoms with van der Waals surface area (Å²) in [5.74, 6) is 1.83. The third-order valence-electron chi connectivity index (χ3n) is 4.35. The maximum atomic E-state index is 12.3. The molecule has 0 saturated heterocycles. The molecular weight excluding hydrogens is 294 g/mol. The van der Waals surface area contributed by atoms with E-state index in [9.17, 15) is 4.79 Å². The van der Waals surface area contributed by atoms with Crippen LogP contribution in [0.3, 0.4) is 0 Å². The normalized spacial score (nSPS) is 19.3. The number of nitrogens with one attached hydrogen (secondary N) is 2. The molecule has 2 atom stereocenters. The Hall–Kier alpha value is -2.50. The monoisotopic (exact) mass is 315 g/mol. The highest BCUT2D eigenvalue weighted by atomic mass is 16.5. The Bertz CT molecular complexity index is 711. The number of benzene rings is 1. The zero-order chi connectivity index (χ0) is 16.4. The van der Waals surface area contributed by atoms with E-state index in [4.69, 9.17) is 9.47 Å². The number of ether oxygens (including phenoxy) is 2. The third kappa shape index (κ3) is 3.16. The molecule has 2 N–H and O–H groups in total. The van der Waals surface area contributed by atoms with Crippen LogP contribution in [-0.4, -0.2) is 30.3 Å². The zero-order valence-corrected chi connectivity index (χ0v) is 13.6. The number of methoxy groups -OCH3 is 2. The minimum absolute atomic E-state index is 0.0109. The van der Waals surface area contributed by atoms with E-state index >= 15 is 0 Å². The van der Waals surface area contributed by atoms with Crippen molar-refractivity contribution in [3.8, 4) is 11.5 Å². The maximum Gasteiger partial charge on any atom is 0.224 e. The van der Waals surface area contributed by atoms with Crippen LogP contribution < -0.4 is 14.8 Å². The van der Waals surface area contributed by atoms with Gasteiger partial charge in [-0.15, -0.1) is 0 Å². The van der Waals surface area contributed by atoms with Gasteiger partial charge < -0.3 is 14.8 Å². The van der Waals surface area contributed by atoms with Gasteiger partial charge in [-0.05, 0) is 31.5 Å². The Labute approximate surface area is 135 Å². The van der Waals surface area contributed by atoms with Gasteiger partial charge in [0.25, 0.3) is 0 Å². The van der Waals surface area contributed by atoms with Gasteiger partial charge in [-0.25, -0.2) is 0 Å². The molecule has 6 heteroatoms. The summed E-state index contributed by atoms with van der Waals surface area (Å²) >= 11 is 0. The molecule has 0 unspecified atom stereocenters. The van der Waals surface area contributed by atoms with Gasteiger partial charge in [0.2, 0.25) is 5.91 Å². The fourth-order valence-electron chi connectivity index (χ4n) is 2.82. The van der Waals surface area contributed by atoms with Crippen LogP contribution in [0.5, 0.6) is 11.5 Å². The average Bonchev–Trinajstić information content (AvgIpc) is 3.27. The van der Waals surface area contributed by atoms with E-state index in [1.54, 1.807) is 20.4 Å². The molecule has 1 aliphatic rings. The average molecular weight is 315 g/mol. The number of carbonyl (C=O) groups is 1. The highest BCUT2D eigenvalue weighted by Gasteiger charge is 2.45. The second-order valence-electron chi connectivity index (χ2n) is 5.79. The summed E-state index contributed by atoms with van der Waals surface area (Å²) in [4.78, 5) is 12.3. The Kier molecular flexibility index (Phi) is 4.23. The molecule has 1 aliphatic carbocycles. The maximum absolute atomic E-state index is 12.3. The first-order valence-electron chi connectivity index (χ1n) is 7.62. The van der Waals surface area contributed by atoms with Crippen molar-refractivity contribution in [3.05, 3.63) is 41.2 Å². The van der Waals surface area contributed by atoms with Crippen LogP contribution in [0, 0.1) is 12.8 Å².